The molecule has 0 unspecified atom stereocenters. The summed E-state index contributed by atoms with van der Waals surface area (Å²) >= 11 is 0. The van der Waals surface area contributed by atoms with Gasteiger partial charge in [-0.15, -0.1) is 37.2 Å². The van der Waals surface area contributed by atoms with Crippen molar-refractivity contribution in [2.24, 2.45) is 5.92 Å². The van der Waals surface area contributed by atoms with E-state index in [0.29, 0.717) is 5.91 Å². The molecule has 5 nitrogen and oxygen atoms in total. The van der Waals surface area contributed by atoms with Crippen molar-refractivity contribution in [1.29, 1.82) is 0 Å². The van der Waals surface area contributed by atoms with Crippen molar-refractivity contribution in [2.45, 2.75) is 12.8 Å². The van der Waals surface area contributed by atoms with Crippen molar-refractivity contribution < 1.29 is 4.79 Å². The topological polar surface area (TPSA) is 48.5 Å². The van der Waals surface area contributed by atoms with E-state index >= 15 is 0 Å². The molecule has 0 atom stereocenters. The average molecular weight is 384 g/mol. The highest BCUT2D eigenvalue weighted by Gasteiger charge is 2.29. The molecule has 2 aliphatic heterocycles. The Morgan fingerprint density at radius 3 is 2.13 bits per heavy atom. The number of piperazine rings is 1. The van der Waals surface area contributed by atoms with E-state index in [1.807, 2.05) is 29.4 Å². The van der Waals surface area contributed by atoms with E-state index in [2.05, 4.69) is 15.2 Å². The summed E-state index contributed by atoms with van der Waals surface area (Å²) in [6, 6.07) is 4.08. The number of rotatable bonds is 2. The first kappa shape index (κ1) is 22.2. The van der Waals surface area contributed by atoms with Crippen molar-refractivity contribution in [3.63, 3.8) is 0 Å². The van der Waals surface area contributed by atoms with Gasteiger partial charge in [0.1, 0.15) is 0 Å². The minimum Gasteiger partial charge on any atom is -0.371 e. The maximum Gasteiger partial charge on any atom is 0.225 e. The van der Waals surface area contributed by atoms with E-state index in [9.17, 15) is 4.79 Å². The zero-order chi connectivity index (χ0) is 13.8. The standard InChI is InChI=1S/C15H22N4O.3ClH/c20-15(19-11-7-17-8-12-19)13-3-9-18(10-4-13)14-1-5-16-6-2-14;;;/h1-2,5-6,13,17H,3-4,7-12H2;3*1H. The van der Waals surface area contributed by atoms with Crippen molar-refractivity contribution in [2.75, 3.05) is 44.2 Å². The van der Waals surface area contributed by atoms with Gasteiger partial charge in [0.05, 0.1) is 0 Å². The number of nitrogens with zero attached hydrogens (tertiary/aromatic N) is 3. The van der Waals surface area contributed by atoms with E-state index in [1.165, 1.54) is 5.69 Å². The quantitative estimate of drug-likeness (QED) is 0.848. The molecule has 2 aliphatic rings. The maximum absolute atomic E-state index is 12.5. The number of piperidine rings is 1. The highest BCUT2D eigenvalue weighted by atomic mass is 35.5. The SMILES string of the molecule is Cl.Cl.Cl.O=C(C1CCN(c2ccncc2)CC1)N1CCNCC1. The summed E-state index contributed by atoms with van der Waals surface area (Å²) in [4.78, 5) is 20.9. The van der Waals surface area contributed by atoms with Crippen molar-refractivity contribution in [3.05, 3.63) is 24.5 Å². The van der Waals surface area contributed by atoms with Gasteiger partial charge in [0.15, 0.2) is 0 Å². The molecule has 23 heavy (non-hydrogen) atoms. The third-order valence-corrected chi connectivity index (χ3v) is 4.30. The number of anilines is 1. The molecule has 0 aromatic carbocycles. The Labute approximate surface area is 156 Å². The molecule has 2 fully saturated rings. The van der Waals surface area contributed by atoms with Crippen LogP contribution in [0.4, 0.5) is 5.69 Å². The molecule has 1 amide bonds. The molecule has 2 saturated heterocycles. The Morgan fingerprint density at radius 2 is 1.57 bits per heavy atom. The highest BCUT2D eigenvalue weighted by Crippen LogP contribution is 2.24. The van der Waals surface area contributed by atoms with Crippen LogP contribution in [0, 0.1) is 5.92 Å². The third kappa shape index (κ3) is 5.68. The number of nitrogens with one attached hydrogen (secondary N) is 1. The molecule has 132 valence electrons. The summed E-state index contributed by atoms with van der Waals surface area (Å²) in [6.45, 7) is 5.52. The number of hydrogen-bond donors (Lipinski definition) is 1. The number of carbonyl (C=O) groups excluding carboxylic acids is 1. The molecular formula is C15H25Cl3N4O. The first-order chi connectivity index (χ1) is 9.84. The molecule has 3 heterocycles. The van der Waals surface area contributed by atoms with Crippen LogP contribution in [-0.4, -0.2) is 55.1 Å². The fourth-order valence-electron chi connectivity index (χ4n) is 3.08. The number of halogens is 3. The molecule has 1 aromatic heterocycles. The van der Waals surface area contributed by atoms with Gasteiger partial charge in [-0.25, -0.2) is 0 Å². The number of carbonyl (C=O) groups is 1. The van der Waals surface area contributed by atoms with Gasteiger partial charge in [0, 0.05) is 63.3 Å². The summed E-state index contributed by atoms with van der Waals surface area (Å²) in [5.74, 6) is 0.576. The van der Waals surface area contributed by atoms with Crippen LogP contribution in [0.1, 0.15) is 12.8 Å². The lowest BCUT2D eigenvalue weighted by Crippen LogP contribution is -2.50. The molecule has 0 aliphatic carbocycles. The van der Waals surface area contributed by atoms with Gasteiger partial charge in [-0.2, -0.15) is 0 Å². The van der Waals surface area contributed by atoms with Crippen molar-refractivity contribution in [1.82, 2.24) is 15.2 Å². The lowest BCUT2D eigenvalue weighted by molar-refractivity contribution is -0.136. The normalized spacial score (nSPS) is 18.3. The Kier molecular flexibility index (Phi) is 10.6. The van der Waals surface area contributed by atoms with Gasteiger partial charge in [-0.1, -0.05) is 0 Å². The van der Waals surface area contributed by atoms with Gasteiger partial charge >= 0.3 is 0 Å². The first-order valence-corrected chi connectivity index (χ1v) is 7.49. The van der Waals surface area contributed by atoms with E-state index < -0.39 is 0 Å². The second-order valence-corrected chi connectivity index (χ2v) is 5.54. The second-order valence-electron chi connectivity index (χ2n) is 5.54. The van der Waals surface area contributed by atoms with Gasteiger partial charge < -0.3 is 15.1 Å². The second kappa shape index (κ2) is 10.9. The Balaban J connectivity index is 0.00000161. The molecule has 0 bridgehead atoms. The van der Waals surface area contributed by atoms with E-state index in [4.69, 9.17) is 0 Å². The smallest absolute Gasteiger partial charge is 0.225 e. The maximum atomic E-state index is 12.5. The number of amides is 1. The molecule has 1 aromatic rings. The van der Waals surface area contributed by atoms with Crippen LogP contribution in [0.5, 0.6) is 0 Å². The lowest BCUT2D eigenvalue weighted by atomic mass is 9.94. The van der Waals surface area contributed by atoms with Gasteiger partial charge in [-0.05, 0) is 25.0 Å². The lowest BCUT2D eigenvalue weighted by Gasteiger charge is -2.36. The van der Waals surface area contributed by atoms with Crippen molar-refractivity contribution in [3.8, 4) is 0 Å². The predicted molar refractivity (Wildman–Crippen MR) is 100 cm³/mol. The largest absolute Gasteiger partial charge is 0.371 e. The molecule has 0 radical (unpaired) electrons. The number of aromatic nitrogens is 1. The van der Waals surface area contributed by atoms with Gasteiger partial charge in [0.25, 0.3) is 0 Å². The number of hydrogen-bond acceptors (Lipinski definition) is 4. The fourth-order valence-corrected chi connectivity index (χ4v) is 3.08. The van der Waals surface area contributed by atoms with Crippen LogP contribution in [0.15, 0.2) is 24.5 Å². The highest BCUT2D eigenvalue weighted by molar-refractivity contribution is 5.86. The van der Waals surface area contributed by atoms with Crippen molar-refractivity contribution >= 4 is 48.8 Å². The molecular weight excluding hydrogens is 359 g/mol. The minimum atomic E-state index is 0. The Bertz CT molecular complexity index is 449. The van der Waals surface area contributed by atoms with Crippen LogP contribution >= 0.6 is 37.2 Å². The Morgan fingerprint density at radius 1 is 1.00 bits per heavy atom. The fraction of sp³-hybridized carbons (Fsp3) is 0.600. The third-order valence-electron chi connectivity index (χ3n) is 4.30. The van der Waals surface area contributed by atoms with Gasteiger partial charge in [0.2, 0.25) is 5.91 Å². The molecule has 0 saturated carbocycles. The Hall–Kier alpha value is -0.750. The van der Waals surface area contributed by atoms with Crippen LogP contribution < -0.4 is 10.2 Å². The summed E-state index contributed by atoms with van der Waals surface area (Å²) in [7, 11) is 0. The summed E-state index contributed by atoms with van der Waals surface area (Å²) < 4.78 is 0. The summed E-state index contributed by atoms with van der Waals surface area (Å²) in [5.41, 5.74) is 1.22. The van der Waals surface area contributed by atoms with E-state index in [1.54, 1.807) is 0 Å². The summed E-state index contributed by atoms with van der Waals surface area (Å²) in [5, 5.41) is 3.29. The molecule has 1 N–H and O–H groups in total. The summed E-state index contributed by atoms with van der Waals surface area (Å²) in [6.07, 6.45) is 5.58. The van der Waals surface area contributed by atoms with E-state index in [-0.39, 0.29) is 43.1 Å². The molecule has 3 rings (SSSR count). The molecule has 8 heteroatoms. The monoisotopic (exact) mass is 382 g/mol. The van der Waals surface area contributed by atoms with Crippen LogP contribution in [0.2, 0.25) is 0 Å². The zero-order valence-corrected chi connectivity index (χ0v) is 15.5. The van der Waals surface area contributed by atoms with Gasteiger partial charge in [-0.3, -0.25) is 9.78 Å². The molecule has 0 spiro atoms. The van der Waals surface area contributed by atoms with Crippen LogP contribution in [0.3, 0.4) is 0 Å². The predicted octanol–water partition coefficient (Wildman–Crippen LogP) is 2.00. The van der Waals surface area contributed by atoms with Crippen LogP contribution in [-0.2, 0) is 4.79 Å². The minimum absolute atomic E-state index is 0. The average Bonchev–Trinajstić information content (AvgIpc) is 2.56. The number of pyridine rings is 1. The zero-order valence-electron chi connectivity index (χ0n) is 13.0. The van der Waals surface area contributed by atoms with Crippen LogP contribution in [0.25, 0.3) is 0 Å². The first-order valence-electron chi connectivity index (χ1n) is 7.49. The van der Waals surface area contributed by atoms with E-state index in [0.717, 1.165) is 52.1 Å².